The maximum atomic E-state index is 11.4. The Balaban J connectivity index is 4.24. The molecule has 0 saturated heterocycles. The Morgan fingerprint density at radius 1 is 1.64 bits per heavy atom. The Labute approximate surface area is 84.5 Å². The molecule has 0 aliphatic heterocycles. The van der Waals surface area contributed by atoms with Gasteiger partial charge in [-0.15, -0.1) is 6.58 Å². The average Bonchev–Trinajstić information content (AvgIpc) is 2.21. The summed E-state index contributed by atoms with van der Waals surface area (Å²) in [4.78, 5) is 23.2. The standard InChI is InChI=1S/C10H17NO3/c1-4-6-11(9(3)8-12)10(13)14-7-5-2/h4,8-9H,1,5-7H2,2-3H3. The Bertz CT molecular complexity index is 204. The van der Waals surface area contributed by atoms with Gasteiger partial charge in [0.2, 0.25) is 0 Å². The van der Waals surface area contributed by atoms with Crippen molar-refractivity contribution in [3.05, 3.63) is 12.7 Å². The van der Waals surface area contributed by atoms with E-state index in [0.29, 0.717) is 19.4 Å². The van der Waals surface area contributed by atoms with E-state index >= 15 is 0 Å². The number of carbonyl (C=O) groups is 2. The highest BCUT2D eigenvalue weighted by molar-refractivity contribution is 5.73. The molecule has 0 aliphatic carbocycles. The van der Waals surface area contributed by atoms with E-state index in [4.69, 9.17) is 4.74 Å². The third kappa shape index (κ3) is 4.07. The summed E-state index contributed by atoms with van der Waals surface area (Å²) in [7, 11) is 0. The third-order valence-corrected chi connectivity index (χ3v) is 1.68. The highest BCUT2D eigenvalue weighted by Crippen LogP contribution is 2.00. The number of hydrogen-bond donors (Lipinski definition) is 0. The van der Waals surface area contributed by atoms with Crippen molar-refractivity contribution in [3.63, 3.8) is 0 Å². The second kappa shape index (κ2) is 7.12. The van der Waals surface area contributed by atoms with E-state index < -0.39 is 12.1 Å². The number of aldehydes is 1. The normalized spacial score (nSPS) is 11.6. The van der Waals surface area contributed by atoms with Crippen molar-refractivity contribution in [2.75, 3.05) is 13.2 Å². The molecule has 0 spiro atoms. The maximum Gasteiger partial charge on any atom is 0.410 e. The molecule has 0 aromatic carbocycles. The summed E-state index contributed by atoms with van der Waals surface area (Å²) in [5.41, 5.74) is 0. The molecule has 0 bridgehead atoms. The van der Waals surface area contributed by atoms with E-state index in [9.17, 15) is 9.59 Å². The summed E-state index contributed by atoms with van der Waals surface area (Å²) in [6.07, 6.45) is 2.57. The molecular formula is C10H17NO3. The van der Waals surface area contributed by atoms with Crippen molar-refractivity contribution in [2.45, 2.75) is 26.3 Å². The van der Waals surface area contributed by atoms with Crippen LogP contribution in [0.5, 0.6) is 0 Å². The van der Waals surface area contributed by atoms with E-state index in [-0.39, 0.29) is 0 Å². The van der Waals surface area contributed by atoms with Crippen molar-refractivity contribution < 1.29 is 14.3 Å². The topological polar surface area (TPSA) is 46.6 Å². The Morgan fingerprint density at radius 3 is 2.71 bits per heavy atom. The molecule has 0 heterocycles. The minimum absolute atomic E-state index is 0.322. The molecule has 0 aromatic rings. The minimum Gasteiger partial charge on any atom is -0.449 e. The van der Waals surface area contributed by atoms with E-state index in [1.165, 1.54) is 4.90 Å². The lowest BCUT2D eigenvalue weighted by atomic mass is 10.3. The molecule has 0 fully saturated rings. The van der Waals surface area contributed by atoms with Crippen LogP contribution >= 0.6 is 0 Å². The van der Waals surface area contributed by atoms with E-state index in [1.807, 2.05) is 6.92 Å². The fraction of sp³-hybridized carbons (Fsp3) is 0.600. The molecule has 0 aliphatic rings. The van der Waals surface area contributed by atoms with Gasteiger partial charge in [0.15, 0.2) is 0 Å². The van der Waals surface area contributed by atoms with Gasteiger partial charge < -0.3 is 9.53 Å². The number of amides is 1. The van der Waals surface area contributed by atoms with E-state index in [2.05, 4.69) is 6.58 Å². The van der Waals surface area contributed by atoms with Gasteiger partial charge in [-0.2, -0.15) is 0 Å². The van der Waals surface area contributed by atoms with Gasteiger partial charge in [0.05, 0.1) is 12.6 Å². The lowest BCUT2D eigenvalue weighted by Gasteiger charge is -2.23. The molecule has 80 valence electrons. The largest absolute Gasteiger partial charge is 0.449 e. The van der Waals surface area contributed by atoms with Gasteiger partial charge in [-0.1, -0.05) is 13.0 Å². The van der Waals surface area contributed by atoms with Gasteiger partial charge in [0.1, 0.15) is 6.29 Å². The molecular weight excluding hydrogens is 182 g/mol. The smallest absolute Gasteiger partial charge is 0.410 e. The molecule has 1 unspecified atom stereocenters. The molecule has 1 amide bonds. The van der Waals surface area contributed by atoms with Crippen LogP contribution in [0.2, 0.25) is 0 Å². The van der Waals surface area contributed by atoms with Crippen LogP contribution in [0.1, 0.15) is 20.3 Å². The first-order valence-corrected chi connectivity index (χ1v) is 4.66. The molecule has 0 radical (unpaired) electrons. The zero-order valence-electron chi connectivity index (χ0n) is 8.73. The fourth-order valence-corrected chi connectivity index (χ4v) is 0.892. The lowest BCUT2D eigenvalue weighted by molar-refractivity contribution is -0.111. The van der Waals surface area contributed by atoms with Gasteiger partial charge in [-0.05, 0) is 13.3 Å². The van der Waals surface area contributed by atoms with Crippen LogP contribution in [0.3, 0.4) is 0 Å². The van der Waals surface area contributed by atoms with Crippen LogP contribution in [-0.4, -0.2) is 36.5 Å². The highest BCUT2D eigenvalue weighted by atomic mass is 16.6. The first kappa shape index (κ1) is 12.7. The summed E-state index contributed by atoms with van der Waals surface area (Å²) in [6, 6.07) is -0.475. The van der Waals surface area contributed by atoms with Crippen molar-refractivity contribution in [2.24, 2.45) is 0 Å². The van der Waals surface area contributed by atoms with Crippen molar-refractivity contribution >= 4 is 12.4 Å². The van der Waals surface area contributed by atoms with Gasteiger partial charge in [0.25, 0.3) is 0 Å². The second-order valence-electron chi connectivity index (χ2n) is 2.93. The number of hydrogen-bond acceptors (Lipinski definition) is 3. The van der Waals surface area contributed by atoms with Gasteiger partial charge in [0, 0.05) is 6.54 Å². The van der Waals surface area contributed by atoms with Crippen LogP contribution in [0.4, 0.5) is 4.79 Å². The summed E-state index contributed by atoms with van der Waals surface area (Å²) in [5.74, 6) is 0. The third-order valence-electron chi connectivity index (χ3n) is 1.68. The molecule has 14 heavy (non-hydrogen) atoms. The minimum atomic E-state index is -0.475. The summed E-state index contributed by atoms with van der Waals surface area (Å²) in [6.45, 7) is 7.76. The number of rotatable bonds is 6. The molecule has 0 rings (SSSR count). The molecule has 4 heteroatoms. The second-order valence-corrected chi connectivity index (χ2v) is 2.93. The Kier molecular flexibility index (Phi) is 6.45. The van der Waals surface area contributed by atoms with Crippen molar-refractivity contribution in [1.29, 1.82) is 0 Å². The van der Waals surface area contributed by atoms with E-state index in [1.54, 1.807) is 13.0 Å². The molecule has 1 atom stereocenters. The fourth-order valence-electron chi connectivity index (χ4n) is 0.892. The summed E-state index contributed by atoms with van der Waals surface area (Å²) >= 11 is 0. The monoisotopic (exact) mass is 199 g/mol. The van der Waals surface area contributed by atoms with Gasteiger partial charge in [-0.3, -0.25) is 4.90 Å². The van der Waals surface area contributed by atoms with Crippen molar-refractivity contribution in [3.8, 4) is 0 Å². The van der Waals surface area contributed by atoms with Crippen LogP contribution < -0.4 is 0 Å². The first-order valence-electron chi connectivity index (χ1n) is 4.66. The molecule has 0 aromatic heterocycles. The zero-order chi connectivity index (χ0) is 11.0. The van der Waals surface area contributed by atoms with Crippen LogP contribution in [-0.2, 0) is 9.53 Å². The van der Waals surface area contributed by atoms with Gasteiger partial charge >= 0.3 is 6.09 Å². The number of ether oxygens (including phenoxy) is 1. The van der Waals surface area contributed by atoms with Crippen LogP contribution in [0.15, 0.2) is 12.7 Å². The first-order chi connectivity index (χ1) is 6.67. The SMILES string of the molecule is C=CCN(C(=O)OCCC)C(C)C=O. The molecule has 4 nitrogen and oxygen atoms in total. The molecule has 0 N–H and O–H groups in total. The predicted molar refractivity (Wildman–Crippen MR) is 54.1 cm³/mol. The maximum absolute atomic E-state index is 11.4. The average molecular weight is 199 g/mol. The summed E-state index contributed by atoms with van der Waals surface area (Å²) in [5, 5.41) is 0. The highest BCUT2D eigenvalue weighted by Gasteiger charge is 2.18. The van der Waals surface area contributed by atoms with Crippen LogP contribution in [0.25, 0.3) is 0 Å². The van der Waals surface area contributed by atoms with Crippen molar-refractivity contribution in [1.82, 2.24) is 4.90 Å². The van der Waals surface area contributed by atoms with Gasteiger partial charge in [-0.25, -0.2) is 4.79 Å². The molecule has 0 saturated carbocycles. The lowest BCUT2D eigenvalue weighted by Crippen LogP contribution is -2.40. The summed E-state index contributed by atoms with van der Waals surface area (Å²) < 4.78 is 4.91. The van der Waals surface area contributed by atoms with Crippen LogP contribution in [0, 0.1) is 0 Å². The number of nitrogens with zero attached hydrogens (tertiary/aromatic N) is 1. The zero-order valence-corrected chi connectivity index (χ0v) is 8.73. The van der Waals surface area contributed by atoms with E-state index in [0.717, 1.165) is 6.42 Å². The Hall–Kier alpha value is -1.32. The number of carbonyl (C=O) groups excluding carboxylic acids is 2. The Morgan fingerprint density at radius 2 is 2.29 bits per heavy atom. The quantitative estimate of drug-likeness (QED) is 0.482. The predicted octanol–water partition coefficient (Wildman–Crippen LogP) is 1.61.